The summed E-state index contributed by atoms with van der Waals surface area (Å²) in [4.78, 5) is 20.8. The number of rotatable bonds is 5. The number of aromatic nitrogens is 2. The molecule has 0 spiro atoms. The zero-order valence-corrected chi connectivity index (χ0v) is 15.4. The van der Waals surface area contributed by atoms with Crippen molar-refractivity contribution < 1.29 is 4.79 Å². The van der Waals surface area contributed by atoms with Crippen LogP contribution in [0.25, 0.3) is 0 Å². The number of benzene rings is 1. The van der Waals surface area contributed by atoms with Gasteiger partial charge < -0.3 is 21.7 Å². The second-order valence-electron chi connectivity index (χ2n) is 6.40. The van der Waals surface area contributed by atoms with Gasteiger partial charge in [0.1, 0.15) is 5.02 Å². The molecule has 0 atom stereocenters. The predicted molar refractivity (Wildman–Crippen MR) is 104 cm³/mol. The minimum absolute atomic E-state index is 0.185. The van der Waals surface area contributed by atoms with Crippen LogP contribution >= 0.6 is 11.6 Å². The minimum atomic E-state index is -0.185. The quantitative estimate of drug-likeness (QED) is 0.641. The minimum Gasteiger partial charge on any atom is -0.355 e. The molecule has 138 valence electrons. The Balaban J connectivity index is 1.77. The van der Waals surface area contributed by atoms with Crippen LogP contribution in [0.3, 0.4) is 0 Å². The smallest absolute Gasteiger partial charge is 0.253 e. The van der Waals surface area contributed by atoms with E-state index in [0.717, 1.165) is 25.7 Å². The summed E-state index contributed by atoms with van der Waals surface area (Å²) in [5.41, 5.74) is 7.09. The Kier molecular flexibility index (Phi) is 5.90. The van der Waals surface area contributed by atoms with Crippen LogP contribution in [0.2, 0.25) is 5.02 Å². The molecule has 1 aromatic carbocycles. The molecule has 1 fully saturated rings. The number of para-hydroxylation sites is 1. The van der Waals surface area contributed by atoms with Crippen LogP contribution < -0.4 is 21.7 Å². The molecule has 0 aliphatic heterocycles. The van der Waals surface area contributed by atoms with Crippen LogP contribution in [-0.4, -0.2) is 35.0 Å². The Morgan fingerprint density at radius 1 is 1.23 bits per heavy atom. The highest BCUT2D eigenvalue weighted by atomic mass is 35.5. The Morgan fingerprint density at radius 3 is 2.69 bits per heavy atom. The van der Waals surface area contributed by atoms with Crippen molar-refractivity contribution in [3.05, 3.63) is 41.0 Å². The third-order valence-corrected chi connectivity index (χ3v) is 4.78. The predicted octanol–water partition coefficient (Wildman–Crippen LogP) is 2.92. The number of hydrogen-bond donors (Lipinski definition) is 4. The maximum absolute atomic E-state index is 12.0. The molecule has 0 saturated heterocycles. The Bertz CT molecular complexity index is 776. The maximum Gasteiger partial charge on any atom is 0.253 e. The van der Waals surface area contributed by atoms with Crippen LogP contribution in [0, 0.1) is 0 Å². The summed E-state index contributed by atoms with van der Waals surface area (Å²) in [6.07, 6.45) is 5.53. The lowest BCUT2D eigenvalue weighted by Gasteiger charge is -2.26. The Morgan fingerprint density at radius 2 is 1.96 bits per heavy atom. The van der Waals surface area contributed by atoms with Gasteiger partial charge in [0, 0.05) is 19.1 Å². The lowest BCUT2D eigenvalue weighted by molar-refractivity contribution is 0.0964. The van der Waals surface area contributed by atoms with E-state index in [1.165, 1.54) is 0 Å². The summed E-state index contributed by atoms with van der Waals surface area (Å²) in [5, 5.41) is 9.49. The lowest BCUT2D eigenvalue weighted by Crippen LogP contribution is -2.33. The van der Waals surface area contributed by atoms with Gasteiger partial charge in [0.05, 0.1) is 17.4 Å². The SMILES string of the molecule is CNC(=O)c1ccccc1Nc1nc(NC2CCC(N)CC2)ncc1Cl. The zero-order chi connectivity index (χ0) is 18.5. The number of nitrogens with two attached hydrogens (primary N) is 1. The van der Waals surface area contributed by atoms with Crippen LogP contribution in [0.15, 0.2) is 30.5 Å². The van der Waals surface area contributed by atoms with Gasteiger partial charge in [-0.1, -0.05) is 23.7 Å². The average Bonchev–Trinajstić information content (AvgIpc) is 2.66. The van der Waals surface area contributed by atoms with Gasteiger partial charge in [-0.3, -0.25) is 4.79 Å². The monoisotopic (exact) mass is 374 g/mol. The summed E-state index contributed by atoms with van der Waals surface area (Å²) in [7, 11) is 1.59. The first kappa shape index (κ1) is 18.4. The van der Waals surface area contributed by atoms with Gasteiger partial charge in [0.25, 0.3) is 5.91 Å². The normalized spacial score (nSPS) is 19.7. The third-order valence-electron chi connectivity index (χ3n) is 4.50. The molecule has 1 aliphatic rings. The van der Waals surface area contributed by atoms with Gasteiger partial charge >= 0.3 is 0 Å². The largest absolute Gasteiger partial charge is 0.355 e. The maximum atomic E-state index is 12.0. The summed E-state index contributed by atoms with van der Waals surface area (Å²) in [6, 6.07) is 7.78. The molecule has 2 aromatic rings. The fraction of sp³-hybridized carbons (Fsp3) is 0.389. The fourth-order valence-corrected chi connectivity index (χ4v) is 3.16. The summed E-state index contributed by atoms with van der Waals surface area (Å²) < 4.78 is 0. The Hall–Kier alpha value is -2.38. The van der Waals surface area contributed by atoms with Crippen molar-refractivity contribution in [3.63, 3.8) is 0 Å². The van der Waals surface area contributed by atoms with Gasteiger partial charge in [-0.25, -0.2) is 4.98 Å². The van der Waals surface area contributed by atoms with Crippen molar-refractivity contribution in [2.24, 2.45) is 5.73 Å². The average molecular weight is 375 g/mol. The molecule has 3 rings (SSSR count). The molecule has 1 amide bonds. The molecule has 5 N–H and O–H groups in total. The summed E-state index contributed by atoms with van der Waals surface area (Å²) >= 11 is 6.24. The lowest BCUT2D eigenvalue weighted by atomic mass is 9.92. The van der Waals surface area contributed by atoms with Crippen molar-refractivity contribution in [1.82, 2.24) is 15.3 Å². The van der Waals surface area contributed by atoms with Crippen molar-refractivity contribution in [3.8, 4) is 0 Å². The second-order valence-corrected chi connectivity index (χ2v) is 6.80. The van der Waals surface area contributed by atoms with Gasteiger partial charge in [-0.05, 0) is 37.8 Å². The molecule has 7 nitrogen and oxygen atoms in total. The highest BCUT2D eigenvalue weighted by molar-refractivity contribution is 6.33. The molecule has 0 unspecified atom stereocenters. The highest BCUT2D eigenvalue weighted by Crippen LogP contribution is 2.27. The molecule has 1 heterocycles. The van der Waals surface area contributed by atoms with Gasteiger partial charge in [0.15, 0.2) is 5.82 Å². The summed E-state index contributed by atoms with van der Waals surface area (Å²) in [5.74, 6) is 0.776. The van der Waals surface area contributed by atoms with E-state index < -0.39 is 0 Å². The molecule has 0 radical (unpaired) electrons. The fourth-order valence-electron chi connectivity index (χ4n) is 3.02. The van der Waals surface area contributed by atoms with Gasteiger partial charge in [-0.15, -0.1) is 0 Å². The van der Waals surface area contributed by atoms with E-state index in [9.17, 15) is 4.79 Å². The molecule has 0 bridgehead atoms. The number of carbonyl (C=O) groups is 1. The van der Waals surface area contributed by atoms with Gasteiger partial charge in [0.2, 0.25) is 5.95 Å². The molecular weight excluding hydrogens is 352 g/mol. The summed E-state index contributed by atoms with van der Waals surface area (Å²) in [6.45, 7) is 0. The van der Waals surface area contributed by atoms with E-state index in [0.29, 0.717) is 34.1 Å². The standard InChI is InChI=1S/C18H23ClN6O/c1-21-17(26)13-4-2-3-5-15(13)24-16-14(19)10-22-18(25-16)23-12-8-6-11(20)7-9-12/h2-5,10-12H,6-9,20H2,1H3,(H,21,26)(H2,22,23,24,25). The van der Waals surface area contributed by atoms with E-state index in [2.05, 4.69) is 25.9 Å². The van der Waals surface area contributed by atoms with E-state index >= 15 is 0 Å². The number of halogens is 1. The number of anilines is 3. The van der Waals surface area contributed by atoms with E-state index in [-0.39, 0.29) is 11.9 Å². The first-order valence-corrected chi connectivity index (χ1v) is 9.07. The van der Waals surface area contributed by atoms with Crippen molar-refractivity contribution in [2.75, 3.05) is 17.7 Å². The number of carbonyl (C=O) groups excluding carboxylic acids is 1. The number of hydrogen-bond acceptors (Lipinski definition) is 6. The van der Waals surface area contributed by atoms with Crippen molar-refractivity contribution in [2.45, 2.75) is 37.8 Å². The Labute approximate surface area is 157 Å². The van der Waals surface area contributed by atoms with Crippen LogP contribution in [0.1, 0.15) is 36.0 Å². The van der Waals surface area contributed by atoms with Crippen LogP contribution in [-0.2, 0) is 0 Å². The van der Waals surface area contributed by atoms with Crippen molar-refractivity contribution in [1.29, 1.82) is 0 Å². The number of nitrogens with zero attached hydrogens (tertiary/aromatic N) is 2. The molecule has 1 aromatic heterocycles. The van der Waals surface area contributed by atoms with Crippen molar-refractivity contribution >= 4 is 35.0 Å². The topological polar surface area (TPSA) is 105 Å². The van der Waals surface area contributed by atoms with E-state index in [1.54, 1.807) is 31.4 Å². The zero-order valence-electron chi connectivity index (χ0n) is 14.6. The molecule has 1 aliphatic carbocycles. The van der Waals surface area contributed by atoms with Gasteiger partial charge in [-0.2, -0.15) is 4.98 Å². The highest BCUT2D eigenvalue weighted by Gasteiger charge is 2.19. The molecular formula is C18H23ClN6O. The number of nitrogens with one attached hydrogen (secondary N) is 3. The first-order chi connectivity index (χ1) is 12.6. The second kappa shape index (κ2) is 8.33. The number of amides is 1. The van der Waals surface area contributed by atoms with Crippen LogP contribution in [0.4, 0.5) is 17.5 Å². The third kappa shape index (κ3) is 4.42. The van der Waals surface area contributed by atoms with E-state index in [4.69, 9.17) is 17.3 Å². The molecule has 26 heavy (non-hydrogen) atoms. The molecule has 1 saturated carbocycles. The molecule has 8 heteroatoms. The first-order valence-electron chi connectivity index (χ1n) is 8.69. The van der Waals surface area contributed by atoms with E-state index in [1.807, 2.05) is 6.07 Å². The van der Waals surface area contributed by atoms with Crippen LogP contribution in [0.5, 0.6) is 0 Å².